The molecule has 0 amide bonds. The van der Waals surface area contributed by atoms with Gasteiger partial charge in [0.15, 0.2) is 0 Å². The second-order valence-corrected chi connectivity index (χ2v) is 13.6. The van der Waals surface area contributed by atoms with Crippen molar-refractivity contribution in [3.63, 3.8) is 0 Å². The molecule has 0 nitrogen and oxygen atoms in total. The van der Waals surface area contributed by atoms with Gasteiger partial charge >= 0.3 is 150 Å². The van der Waals surface area contributed by atoms with Crippen LogP contribution in [0.5, 0.6) is 0 Å². The number of rotatable bonds is 0. The van der Waals surface area contributed by atoms with Crippen molar-refractivity contribution in [3.8, 4) is 22.3 Å². The van der Waals surface area contributed by atoms with Crippen molar-refractivity contribution in [3.05, 3.63) is 97.1 Å². The molecule has 25 heavy (non-hydrogen) atoms. The monoisotopic (exact) mass is 379 g/mol. The third kappa shape index (κ3) is 1.50. The summed E-state index contributed by atoms with van der Waals surface area (Å²) in [6.45, 7) is 0. The van der Waals surface area contributed by atoms with E-state index in [0.29, 0.717) is 0 Å². The predicted molar refractivity (Wildman–Crippen MR) is 108 cm³/mol. The van der Waals surface area contributed by atoms with Crippen LogP contribution < -0.4 is 17.4 Å². The molecule has 0 aliphatic carbocycles. The minimum atomic E-state index is -2.62. The predicted octanol–water partition coefficient (Wildman–Crippen LogP) is 3.02. The van der Waals surface area contributed by atoms with Crippen molar-refractivity contribution in [2.45, 2.75) is 0 Å². The van der Waals surface area contributed by atoms with Gasteiger partial charge in [0.1, 0.15) is 0 Å². The standard InChI is InChI=1S/C24H16As/c1-5-13-21-17(9-1)18-10-2-6-14-22(18)25(21)23-15-7-3-11-19(23)20-12-4-8-16-24(20)25/h1-16H. The van der Waals surface area contributed by atoms with Crippen molar-refractivity contribution >= 4 is 31.0 Å². The zero-order valence-electron chi connectivity index (χ0n) is 13.7. The van der Waals surface area contributed by atoms with Gasteiger partial charge in [-0.05, 0) is 0 Å². The normalized spacial score (nSPS) is 14.7. The molecule has 117 valence electrons. The topological polar surface area (TPSA) is 0 Å². The van der Waals surface area contributed by atoms with E-state index in [0.717, 1.165) is 0 Å². The third-order valence-corrected chi connectivity index (χ3v) is 15.0. The van der Waals surface area contributed by atoms with E-state index >= 15 is 0 Å². The van der Waals surface area contributed by atoms with Gasteiger partial charge in [-0.15, -0.1) is 0 Å². The third-order valence-electron chi connectivity index (χ3n) is 5.64. The van der Waals surface area contributed by atoms with E-state index in [1.54, 1.807) is 17.4 Å². The van der Waals surface area contributed by atoms with Crippen LogP contribution in [0.1, 0.15) is 0 Å². The molecule has 0 unspecified atom stereocenters. The summed E-state index contributed by atoms with van der Waals surface area (Å²) in [5, 5.41) is 0. The van der Waals surface area contributed by atoms with Gasteiger partial charge in [0.05, 0.1) is 0 Å². The Morgan fingerprint density at radius 3 is 0.840 bits per heavy atom. The number of hydrogen-bond acceptors (Lipinski definition) is 0. The molecule has 6 rings (SSSR count). The first-order chi connectivity index (χ1) is 12.4. The van der Waals surface area contributed by atoms with Crippen LogP contribution >= 0.6 is 0 Å². The van der Waals surface area contributed by atoms with Crippen LogP contribution in [0, 0.1) is 0 Å². The van der Waals surface area contributed by atoms with Crippen LogP contribution in [-0.2, 0) is 0 Å². The number of hydrogen-bond donors (Lipinski definition) is 0. The molecule has 2 heterocycles. The first-order valence-corrected chi connectivity index (χ1v) is 12.5. The number of fused-ring (bicyclic) bond motifs is 10. The molecule has 0 aromatic heterocycles. The van der Waals surface area contributed by atoms with E-state index in [-0.39, 0.29) is 0 Å². The molecule has 1 radical (unpaired) electrons. The van der Waals surface area contributed by atoms with Crippen molar-refractivity contribution in [1.82, 2.24) is 0 Å². The molecule has 0 bridgehead atoms. The summed E-state index contributed by atoms with van der Waals surface area (Å²) >= 11 is -2.62. The molecule has 0 saturated carbocycles. The Kier molecular flexibility index (Phi) is 2.60. The fourth-order valence-corrected chi connectivity index (χ4v) is 15.3. The maximum atomic E-state index is 2.39. The van der Waals surface area contributed by atoms with Gasteiger partial charge in [-0.25, -0.2) is 0 Å². The first-order valence-electron chi connectivity index (χ1n) is 8.70. The average molecular weight is 379 g/mol. The Morgan fingerprint density at radius 1 is 0.320 bits per heavy atom. The van der Waals surface area contributed by atoms with Crippen LogP contribution in [0.3, 0.4) is 0 Å². The van der Waals surface area contributed by atoms with Gasteiger partial charge in [0.2, 0.25) is 0 Å². The van der Waals surface area contributed by atoms with Gasteiger partial charge < -0.3 is 0 Å². The molecule has 4 aromatic rings. The molecule has 0 fully saturated rings. The molecular weight excluding hydrogens is 363 g/mol. The zero-order chi connectivity index (χ0) is 16.4. The van der Waals surface area contributed by atoms with Crippen LogP contribution in [0.25, 0.3) is 22.3 Å². The van der Waals surface area contributed by atoms with Crippen molar-refractivity contribution in [2.75, 3.05) is 0 Å². The SMILES string of the molecule is c1ccc2c(c1)-c1ccccc1[As]21c2ccccc2-c2ccccc21. The molecule has 0 atom stereocenters. The molecule has 0 saturated heterocycles. The summed E-state index contributed by atoms with van der Waals surface area (Å²) in [6, 6.07) is 36.4. The van der Waals surface area contributed by atoms with E-state index in [2.05, 4.69) is 97.1 Å². The Morgan fingerprint density at radius 2 is 0.560 bits per heavy atom. The van der Waals surface area contributed by atoms with E-state index in [1.165, 1.54) is 22.3 Å². The molecule has 1 heteroatoms. The number of benzene rings is 4. The zero-order valence-corrected chi connectivity index (χ0v) is 15.6. The van der Waals surface area contributed by atoms with E-state index < -0.39 is 13.6 Å². The second-order valence-electron chi connectivity index (χ2n) is 6.74. The fraction of sp³-hybridized carbons (Fsp3) is 0. The molecule has 4 aromatic carbocycles. The van der Waals surface area contributed by atoms with Gasteiger partial charge in [-0.2, -0.15) is 0 Å². The van der Waals surface area contributed by atoms with Crippen LogP contribution in [0.4, 0.5) is 0 Å². The Labute approximate surface area is 150 Å². The maximum absolute atomic E-state index is 2.62. The summed E-state index contributed by atoms with van der Waals surface area (Å²) in [7, 11) is 0. The summed E-state index contributed by atoms with van der Waals surface area (Å²) < 4.78 is 6.33. The molecular formula is C24H16As. The Bertz CT molecular complexity index is 968. The van der Waals surface area contributed by atoms with Crippen LogP contribution in [0.2, 0.25) is 0 Å². The minimum absolute atomic E-state index is 1.44. The van der Waals surface area contributed by atoms with Crippen LogP contribution in [-0.4, -0.2) is 13.6 Å². The van der Waals surface area contributed by atoms with Crippen LogP contribution in [0.15, 0.2) is 97.1 Å². The Hall–Kier alpha value is -2.56. The second kappa shape index (κ2) is 4.75. The van der Waals surface area contributed by atoms with Crippen molar-refractivity contribution < 1.29 is 0 Å². The summed E-state index contributed by atoms with van der Waals surface area (Å²) in [6.07, 6.45) is 0. The van der Waals surface area contributed by atoms with E-state index in [1.807, 2.05) is 0 Å². The fourth-order valence-electron chi connectivity index (χ4n) is 4.75. The van der Waals surface area contributed by atoms with Crippen molar-refractivity contribution in [2.24, 2.45) is 0 Å². The Balaban J connectivity index is 1.89. The summed E-state index contributed by atoms with van der Waals surface area (Å²) in [5.74, 6) is 0. The van der Waals surface area contributed by atoms with Crippen molar-refractivity contribution in [1.29, 1.82) is 0 Å². The molecule has 2 aliphatic rings. The van der Waals surface area contributed by atoms with Gasteiger partial charge in [-0.3, -0.25) is 0 Å². The van der Waals surface area contributed by atoms with Gasteiger partial charge in [0, 0.05) is 0 Å². The van der Waals surface area contributed by atoms with Gasteiger partial charge in [0.25, 0.3) is 0 Å². The van der Waals surface area contributed by atoms with E-state index in [9.17, 15) is 0 Å². The summed E-state index contributed by atoms with van der Waals surface area (Å²) in [4.78, 5) is 0. The average Bonchev–Trinajstić information content (AvgIpc) is 3.16. The van der Waals surface area contributed by atoms with Gasteiger partial charge in [-0.1, -0.05) is 0 Å². The molecule has 0 N–H and O–H groups in total. The quantitative estimate of drug-likeness (QED) is 0.356. The summed E-state index contributed by atoms with van der Waals surface area (Å²) in [5.41, 5.74) is 5.77. The molecule has 2 aliphatic heterocycles. The van der Waals surface area contributed by atoms with E-state index in [4.69, 9.17) is 0 Å². The first kappa shape index (κ1) is 13.7. The molecule has 1 spiro atoms.